The highest BCUT2D eigenvalue weighted by Gasteiger charge is 2.39. The summed E-state index contributed by atoms with van der Waals surface area (Å²) < 4.78 is 25.4. The number of hydrogen-bond acceptors (Lipinski definition) is 6. The molecule has 1 aromatic heterocycles. The second-order valence-corrected chi connectivity index (χ2v) is 6.12. The Labute approximate surface area is 137 Å². The van der Waals surface area contributed by atoms with Gasteiger partial charge in [-0.15, -0.1) is 0 Å². The van der Waals surface area contributed by atoms with Crippen molar-refractivity contribution in [1.82, 2.24) is 4.98 Å². The Balaban J connectivity index is 2.16. The van der Waals surface area contributed by atoms with Gasteiger partial charge in [0.2, 0.25) is 0 Å². The van der Waals surface area contributed by atoms with Crippen molar-refractivity contribution in [2.75, 3.05) is 12.3 Å². The number of nitro groups is 1. The summed E-state index contributed by atoms with van der Waals surface area (Å²) in [6, 6.07) is 5.44. The second-order valence-electron chi connectivity index (χ2n) is 6.12. The molecule has 1 fully saturated rings. The Morgan fingerprint density at radius 1 is 1.46 bits per heavy atom. The van der Waals surface area contributed by atoms with Crippen molar-refractivity contribution in [3.05, 3.63) is 46.4 Å². The van der Waals surface area contributed by atoms with E-state index in [-0.39, 0.29) is 16.9 Å². The van der Waals surface area contributed by atoms with E-state index in [9.17, 15) is 14.5 Å². The fourth-order valence-corrected chi connectivity index (χ4v) is 2.58. The lowest BCUT2D eigenvalue weighted by molar-refractivity contribution is -0.383. The maximum Gasteiger partial charge on any atom is 0.494 e. The predicted molar refractivity (Wildman–Crippen MR) is 87.2 cm³/mol. The van der Waals surface area contributed by atoms with E-state index >= 15 is 0 Å². The molecule has 0 unspecified atom stereocenters. The molecule has 0 radical (unpaired) electrons. The number of nitrogens with zero attached hydrogens (tertiary/aromatic N) is 2. The maximum absolute atomic E-state index is 14.1. The quantitative estimate of drug-likeness (QED) is 0.399. The standard InChI is InChI=1S/C15H15BFN3O4/c1-15(2)8-23-16(24-15)9-6-10(13-11(17)4-3-5-19-13)14(20(21)22)12(18)7-9/h3-7H,8,18H2,1-2H3. The van der Waals surface area contributed by atoms with Crippen molar-refractivity contribution in [3.63, 3.8) is 0 Å². The number of benzene rings is 1. The van der Waals surface area contributed by atoms with Crippen LogP contribution in [0.25, 0.3) is 11.3 Å². The molecule has 0 amide bonds. The average Bonchev–Trinajstić information content (AvgIpc) is 2.86. The van der Waals surface area contributed by atoms with Crippen LogP contribution in [0.4, 0.5) is 15.8 Å². The molecular formula is C15H15BFN3O4. The summed E-state index contributed by atoms with van der Waals surface area (Å²) in [5, 5.41) is 11.4. The van der Waals surface area contributed by atoms with Crippen LogP contribution in [0.2, 0.25) is 0 Å². The van der Waals surface area contributed by atoms with Crippen molar-refractivity contribution in [3.8, 4) is 11.3 Å². The number of hydrogen-bond donors (Lipinski definition) is 1. The molecule has 2 N–H and O–H groups in total. The first-order valence-corrected chi connectivity index (χ1v) is 7.26. The maximum atomic E-state index is 14.1. The molecule has 124 valence electrons. The Bertz CT molecular complexity index is 815. The molecule has 24 heavy (non-hydrogen) atoms. The molecule has 0 saturated carbocycles. The molecular weight excluding hydrogens is 316 g/mol. The molecule has 0 bridgehead atoms. The molecule has 1 aliphatic rings. The van der Waals surface area contributed by atoms with Crippen LogP contribution in [-0.2, 0) is 9.31 Å². The fraction of sp³-hybridized carbons (Fsp3) is 0.267. The number of nitrogen functional groups attached to an aromatic ring is 1. The monoisotopic (exact) mass is 331 g/mol. The molecule has 2 heterocycles. The highest BCUT2D eigenvalue weighted by Crippen LogP contribution is 2.34. The molecule has 9 heteroatoms. The smallest absolute Gasteiger partial charge is 0.404 e. The normalized spacial score (nSPS) is 16.4. The van der Waals surface area contributed by atoms with Gasteiger partial charge in [0.05, 0.1) is 22.7 Å². The third-order valence-electron chi connectivity index (χ3n) is 3.64. The van der Waals surface area contributed by atoms with Gasteiger partial charge < -0.3 is 15.0 Å². The molecule has 0 spiro atoms. The van der Waals surface area contributed by atoms with Crippen molar-refractivity contribution < 1.29 is 18.6 Å². The van der Waals surface area contributed by atoms with Crippen LogP contribution >= 0.6 is 0 Å². The topological polar surface area (TPSA) is 101 Å². The van der Waals surface area contributed by atoms with Crippen LogP contribution in [0, 0.1) is 15.9 Å². The van der Waals surface area contributed by atoms with Crippen LogP contribution < -0.4 is 11.2 Å². The van der Waals surface area contributed by atoms with E-state index in [1.54, 1.807) is 0 Å². The van der Waals surface area contributed by atoms with Crippen molar-refractivity contribution in [2.45, 2.75) is 19.4 Å². The van der Waals surface area contributed by atoms with Crippen LogP contribution in [0.15, 0.2) is 30.5 Å². The van der Waals surface area contributed by atoms with Gasteiger partial charge in [0.15, 0.2) is 0 Å². The second kappa shape index (κ2) is 5.84. The number of halogens is 1. The number of nitro benzene ring substituents is 1. The minimum Gasteiger partial charge on any atom is -0.404 e. The first-order chi connectivity index (χ1) is 11.3. The fourth-order valence-electron chi connectivity index (χ4n) is 2.58. The van der Waals surface area contributed by atoms with E-state index in [1.807, 2.05) is 13.8 Å². The van der Waals surface area contributed by atoms with Crippen LogP contribution in [0.1, 0.15) is 13.8 Å². The third kappa shape index (κ3) is 2.95. The zero-order valence-corrected chi connectivity index (χ0v) is 13.2. The molecule has 1 aliphatic heterocycles. The Morgan fingerprint density at radius 3 is 2.79 bits per heavy atom. The minimum absolute atomic E-state index is 0.00925. The van der Waals surface area contributed by atoms with Gasteiger partial charge in [-0.2, -0.15) is 0 Å². The lowest BCUT2D eigenvalue weighted by atomic mass is 9.77. The van der Waals surface area contributed by atoms with Gasteiger partial charge in [-0.3, -0.25) is 15.1 Å². The SMILES string of the molecule is CC1(C)COB(c2cc(N)c([N+](=O)[O-])c(-c3ncccc3F)c2)O1. The lowest BCUT2D eigenvalue weighted by Gasteiger charge is -2.16. The van der Waals surface area contributed by atoms with E-state index in [0.29, 0.717) is 12.1 Å². The number of pyridine rings is 1. The van der Waals surface area contributed by atoms with Gasteiger partial charge >= 0.3 is 12.8 Å². The lowest BCUT2D eigenvalue weighted by Crippen LogP contribution is -2.35. The van der Waals surface area contributed by atoms with Crippen LogP contribution in [0.5, 0.6) is 0 Å². The summed E-state index contributed by atoms with van der Waals surface area (Å²) >= 11 is 0. The Morgan fingerprint density at radius 2 is 2.21 bits per heavy atom. The highest BCUT2D eigenvalue weighted by molar-refractivity contribution is 6.62. The molecule has 0 atom stereocenters. The van der Waals surface area contributed by atoms with E-state index < -0.39 is 29.1 Å². The van der Waals surface area contributed by atoms with Gasteiger partial charge in [0.25, 0.3) is 0 Å². The van der Waals surface area contributed by atoms with E-state index in [4.69, 9.17) is 15.0 Å². The van der Waals surface area contributed by atoms with Crippen molar-refractivity contribution in [2.24, 2.45) is 0 Å². The number of anilines is 1. The average molecular weight is 331 g/mol. The van der Waals surface area contributed by atoms with Crippen LogP contribution in [-0.4, -0.2) is 29.2 Å². The van der Waals surface area contributed by atoms with Crippen molar-refractivity contribution >= 4 is 24.0 Å². The summed E-state index contributed by atoms with van der Waals surface area (Å²) in [5.74, 6) is -0.675. The zero-order valence-electron chi connectivity index (χ0n) is 13.2. The van der Waals surface area contributed by atoms with Gasteiger partial charge in [0.1, 0.15) is 17.2 Å². The Hall–Kier alpha value is -2.52. The zero-order chi connectivity index (χ0) is 17.5. The largest absolute Gasteiger partial charge is 0.494 e. The third-order valence-corrected chi connectivity index (χ3v) is 3.64. The van der Waals surface area contributed by atoms with Crippen LogP contribution in [0.3, 0.4) is 0 Å². The molecule has 3 rings (SSSR count). The Kier molecular flexibility index (Phi) is 3.98. The number of nitrogens with two attached hydrogens (primary N) is 1. The van der Waals surface area contributed by atoms with Gasteiger partial charge in [0, 0.05) is 6.20 Å². The first-order valence-electron chi connectivity index (χ1n) is 7.26. The molecule has 2 aromatic rings. The van der Waals surface area contributed by atoms with Crippen molar-refractivity contribution in [1.29, 1.82) is 0 Å². The van der Waals surface area contributed by atoms with Gasteiger partial charge in [-0.1, -0.05) is 0 Å². The predicted octanol–water partition coefficient (Wildman–Crippen LogP) is 1.90. The van der Waals surface area contributed by atoms with E-state index in [0.717, 1.165) is 0 Å². The summed E-state index contributed by atoms with van der Waals surface area (Å²) in [6.45, 7) is 4.09. The summed E-state index contributed by atoms with van der Waals surface area (Å²) in [5.41, 5.74) is 5.18. The summed E-state index contributed by atoms with van der Waals surface area (Å²) in [4.78, 5) is 14.6. The summed E-state index contributed by atoms with van der Waals surface area (Å²) in [6.07, 6.45) is 1.36. The first kappa shape index (κ1) is 16.3. The van der Waals surface area contributed by atoms with Gasteiger partial charge in [-0.25, -0.2) is 4.39 Å². The van der Waals surface area contributed by atoms with E-state index in [2.05, 4.69) is 4.98 Å². The highest BCUT2D eigenvalue weighted by atomic mass is 19.1. The molecule has 7 nitrogen and oxygen atoms in total. The number of rotatable bonds is 3. The summed E-state index contributed by atoms with van der Waals surface area (Å²) in [7, 11) is -0.728. The van der Waals surface area contributed by atoms with Gasteiger partial charge in [-0.05, 0) is 43.6 Å². The molecule has 1 aromatic carbocycles. The minimum atomic E-state index is -0.728. The number of aromatic nitrogens is 1. The van der Waals surface area contributed by atoms with E-state index in [1.165, 1.54) is 30.5 Å². The molecule has 1 saturated heterocycles. The molecule has 0 aliphatic carbocycles.